The lowest BCUT2D eigenvalue weighted by Crippen LogP contribution is -2.24. The number of nitrogens with one attached hydrogen (secondary N) is 1. The summed E-state index contributed by atoms with van der Waals surface area (Å²) in [6, 6.07) is 9.01. The van der Waals surface area contributed by atoms with Crippen molar-refractivity contribution in [2.75, 3.05) is 0 Å². The van der Waals surface area contributed by atoms with Gasteiger partial charge in [0, 0.05) is 23.2 Å². The minimum Gasteiger partial charge on any atom is -0.304 e. The van der Waals surface area contributed by atoms with Crippen LogP contribution in [-0.2, 0) is 13.0 Å². The maximum absolute atomic E-state index is 4.54. The summed E-state index contributed by atoms with van der Waals surface area (Å²) in [5.74, 6) is 0. The van der Waals surface area contributed by atoms with Gasteiger partial charge in [-0.3, -0.25) is 4.98 Å². The van der Waals surface area contributed by atoms with Crippen LogP contribution in [0.4, 0.5) is 0 Å². The zero-order valence-corrected chi connectivity index (χ0v) is 11.5. The number of hydrogen-bond donors (Lipinski definition) is 1. The van der Waals surface area contributed by atoms with E-state index >= 15 is 0 Å². The van der Waals surface area contributed by atoms with Crippen LogP contribution in [0.1, 0.15) is 40.7 Å². The monoisotopic (exact) mass is 258 g/mol. The molecule has 1 N–H and O–H groups in total. The second-order valence-electron chi connectivity index (χ2n) is 4.90. The number of pyridine rings is 1. The summed E-state index contributed by atoms with van der Waals surface area (Å²) in [4.78, 5) is 6.11. The first-order chi connectivity index (χ1) is 8.83. The van der Waals surface area contributed by atoms with E-state index in [9.17, 15) is 0 Å². The molecule has 0 aliphatic heterocycles. The van der Waals surface area contributed by atoms with Crippen LogP contribution in [0.25, 0.3) is 0 Å². The van der Waals surface area contributed by atoms with Crippen LogP contribution in [-0.4, -0.2) is 4.98 Å². The number of aromatic nitrogens is 1. The molecule has 0 radical (unpaired) electrons. The van der Waals surface area contributed by atoms with Crippen LogP contribution < -0.4 is 5.32 Å². The number of nitrogens with zero attached hydrogens (tertiary/aromatic N) is 1. The maximum atomic E-state index is 4.54. The van der Waals surface area contributed by atoms with Crippen molar-refractivity contribution in [3.8, 4) is 0 Å². The minimum atomic E-state index is 0.516. The molecule has 0 aromatic carbocycles. The van der Waals surface area contributed by atoms with Crippen LogP contribution >= 0.6 is 11.3 Å². The van der Waals surface area contributed by atoms with E-state index in [1.165, 1.54) is 24.8 Å². The van der Waals surface area contributed by atoms with Gasteiger partial charge in [0.2, 0.25) is 0 Å². The van der Waals surface area contributed by atoms with E-state index in [1.54, 1.807) is 4.88 Å². The number of aryl methyl sites for hydroxylation is 2. The largest absolute Gasteiger partial charge is 0.304 e. The smallest absolute Gasteiger partial charge is 0.0545 e. The molecule has 0 fully saturated rings. The quantitative estimate of drug-likeness (QED) is 0.909. The third kappa shape index (κ3) is 2.47. The Hall–Kier alpha value is -1.19. The van der Waals surface area contributed by atoms with Gasteiger partial charge < -0.3 is 5.32 Å². The first-order valence-corrected chi connectivity index (χ1v) is 7.43. The van der Waals surface area contributed by atoms with Crippen LogP contribution in [0.5, 0.6) is 0 Å². The van der Waals surface area contributed by atoms with Gasteiger partial charge in [-0.05, 0) is 55.3 Å². The Bertz CT molecular complexity index is 533. The van der Waals surface area contributed by atoms with Crippen molar-refractivity contribution in [1.29, 1.82) is 0 Å². The van der Waals surface area contributed by atoms with Crippen LogP contribution in [0.2, 0.25) is 0 Å². The Morgan fingerprint density at radius 1 is 1.39 bits per heavy atom. The summed E-state index contributed by atoms with van der Waals surface area (Å²) < 4.78 is 0. The number of thiophene rings is 1. The zero-order chi connectivity index (χ0) is 12.4. The van der Waals surface area contributed by atoms with Crippen LogP contribution in [0, 0.1) is 6.92 Å². The highest BCUT2D eigenvalue weighted by atomic mass is 32.1. The number of rotatable bonds is 3. The van der Waals surface area contributed by atoms with Gasteiger partial charge in [0.25, 0.3) is 0 Å². The van der Waals surface area contributed by atoms with Gasteiger partial charge in [0.05, 0.1) is 5.69 Å². The van der Waals surface area contributed by atoms with E-state index in [4.69, 9.17) is 0 Å². The summed E-state index contributed by atoms with van der Waals surface area (Å²) in [6.07, 6.45) is 3.80. The van der Waals surface area contributed by atoms with Crippen LogP contribution in [0.3, 0.4) is 0 Å². The molecule has 0 amide bonds. The molecular formula is C15H18N2S. The summed E-state index contributed by atoms with van der Waals surface area (Å²) in [6.45, 7) is 2.91. The van der Waals surface area contributed by atoms with Gasteiger partial charge in [-0.1, -0.05) is 6.07 Å². The predicted molar refractivity (Wildman–Crippen MR) is 75.8 cm³/mol. The molecule has 0 saturated carbocycles. The summed E-state index contributed by atoms with van der Waals surface area (Å²) in [5, 5.41) is 5.87. The van der Waals surface area contributed by atoms with Crippen molar-refractivity contribution in [3.05, 3.63) is 51.5 Å². The second kappa shape index (κ2) is 5.21. The van der Waals surface area contributed by atoms with Crippen molar-refractivity contribution >= 4 is 11.3 Å². The van der Waals surface area contributed by atoms with Gasteiger partial charge >= 0.3 is 0 Å². The third-order valence-electron chi connectivity index (χ3n) is 3.53. The lowest BCUT2D eigenvalue weighted by atomic mass is 9.94. The Balaban J connectivity index is 1.68. The van der Waals surface area contributed by atoms with Crippen molar-refractivity contribution < 1.29 is 0 Å². The van der Waals surface area contributed by atoms with E-state index in [2.05, 4.69) is 33.9 Å². The SMILES string of the molecule is Cc1cccc(CNC2CCCc3sccc32)n1. The predicted octanol–water partition coefficient (Wildman–Crippen LogP) is 3.62. The molecule has 1 unspecified atom stereocenters. The topological polar surface area (TPSA) is 24.9 Å². The van der Waals surface area contributed by atoms with Gasteiger partial charge in [-0.2, -0.15) is 0 Å². The first kappa shape index (κ1) is 11.9. The van der Waals surface area contributed by atoms with E-state index in [0.717, 1.165) is 17.9 Å². The molecule has 18 heavy (non-hydrogen) atoms. The molecule has 2 heterocycles. The zero-order valence-electron chi connectivity index (χ0n) is 10.6. The van der Waals surface area contributed by atoms with Crippen molar-refractivity contribution in [2.24, 2.45) is 0 Å². The fraction of sp³-hybridized carbons (Fsp3) is 0.400. The molecule has 0 spiro atoms. The minimum absolute atomic E-state index is 0.516. The Morgan fingerprint density at radius 2 is 2.33 bits per heavy atom. The van der Waals surface area contributed by atoms with Crippen LogP contribution in [0.15, 0.2) is 29.6 Å². The average Bonchev–Trinajstić information content (AvgIpc) is 2.85. The van der Waals surface area contributed by atoms with Gasteiger partial charge in [-0.25, -0.2) is 0 Å². The summed E-state index contributed by atoms with van der Waals surface area (Å²) >= 11 is 1.90. The number of hydrogen-bond acceptors (Lipinski definition) is 3. The normalized spacial score (nSPS) is 18.6. The highest BCUT2D eigenvalue weighted by molar-refractivity contribution is 7.10. The molecule has 1 aliphatic rings. The maximum Gasteiger partial charge on any atom is 0.0545 e. The fourth-order valence-corrected chi connectivity index (χ4v) is 3.61. The average molecular weight is 258 g/mol. The molecule has 3 rings (SSSR count). The lowest BCUT2D eigenvalue weighted by molar-refractivity contribution is 0.460. The standard InChI is InChI=1S/C15H18N2S/c1-11-4-2-5-12(17-11)10-16-14-6-3-7-15-13(14)8-9-18-15/h2,4-5,8-9,14,16H,3,6-7,10H2,1H3. The van der Waals surface area contributed by atoms with Crippen molar-refractivity contribution in [3.63, 3.8) is 0 Å². The molecular weight excluding hydrogens is 240 g/mol. The summed E-state index contributed by atoms with van der Waals surface area (Å²) in [7, 11) is 0. The molecule has 2 aromatic rings. The molecule has 2 aromatic heterocycles. The van der Waals surface area contributed by atoms with E-state index < -0.39 is 0 Å². The van der Waals surface area contributed by atoms with Gasteiger partial charge in [0.1, 0.15) is 0 Å². The molecule has 2 nitrogen and oxygen atoms in total. The van der Waals surface area contributed by atoms with Gasteiger partial charge in [0.15, 0.2) is 0 Å². The van der Waals surface area contributed by atoms with Crippen molar-refractivity contribution in [1.82, 2.24) is 10.3 Å². The fourth-order valence-electron chi connectivity index (χ4n) is 2.62. The molecule has 0 bridgehead atoms. The highest BCUT2D eigenvalue weighted by Crippen LogP contribution is 2.33. The molecule has 1 aliphatic carbocycles. The Kier molecular flexibility index (Phi) is 3.43. The van der Waals surface area contributed by atoms with Gasteiger partial charge in [-0.15, -0.1) is 11.3 Å². The molecule has 94 valence electrons. The molecule has 1 atom stereocenters. The highest BCUT2D eigenvalue weighted by Gasteiger charge is 2.20. The Morgan fingerprint density at radius 3 is 3.22 bits per heavy atom. The van der Waals surface area contributed by atoms with E-state index in [1.807, 2.05) is 24.3 Å². The molecule has 3 heteroatoms. The summed E-state index contributed by atoms with van der Waals surface area (Å²) in [5.41, 5.74) is 3.74. The second-order valence-corrected chi connectivity index (χ2v) is 5.90. The third-order valence-corrected chi connectivity index (χ3v) is 4.52. The number of fused-ring (bicyclic) bond motifs is 1. The van der Waals surface area contributed by atoms with E-state index in [-0.39, 0.29) is 0 Å². The molecule has 0 saturated heterocycles. The van der Waals surface area contributed by atoms with E-state index in [0.29, 0.717) is 6.04 Å². The van der Waals surface area contributed by atoms with Crippen molar-refractivity contribution in [2.45, 2.75) is 38.8 Å². The lowest BCUT2D eigenvalue weighted by Gasteiger charge is -2.23. The Labute approximate surface area is 112 Å². The first-order valence-electron chi connectivity index (χ1n) is 6.55.